The number of ether oxygens (including phenoxy) is 1. The summed E-state index contributed by atoms with van der Waals surface area (Å²) in [6, 6.07) is 7.21. The Balaban J connectivity index is 1.54. The van der Waals surface area contributed by atoms with Gasteiger partial charge in [0, 0.05) is 25.7 Å². The lowest BCUT2D eigenvalue weighted by Gasteiger charge is -2.32. The van der Waals surface area contributed by atoms with E-state index in [9.17, 15) is 14.4 Å². The summed E-state index contributed by atoms with van der Waals surface area (Å²) in [5.41, 5.74) is 1.50. The summed E-state index contributed by atoms with van der Waals surface area (Å²) in [6.07, 6.45) is 4.57. The SMILES string of the molecule is CCOC(=O)C1CCCN(C(=O)CN(C)C(=O)c2ccc(Cn3cncn3)cc2)C1. The molecule has 0 spiro atoms. The normalized spacial score (nSPS) is 16.2. The van der Waals surface area contributed by atoms with Crippen LogP contribution in [0, 0.1) is 5.92 Å². The maximum Gasteiger partial charge on any atom is 0.310 e. The number of hydrogen-bond acceptors (Lipinski definition) is 6. The van der Waals surface area contributed by atoms with Crippen molar-refractivity contribution < 1.29 is 19.1 Å². The Bertz CT molecular complexity index is 866. The second kappa shape index (κ2) is 10.00. The Morgan fingerprint density at radius 1 is 1.23 bits per heavy atom. The number of carbonyl (C=O) groups excluding carboxylic acids is 3. The zero-order valence-corrected chi connectivity index (χ0v) is 17.4. The van der Waals surface area contributed by atoms with E-state index in [1.165, 1.54) is 11.2 Å². The molecular weight excluding hydrogens is 386 g/mol. The molecule has 160 valence electrons. The van der Waals surface area contributed by atoms with Crippen molar-refractivity contribution in [1.82, 2.24) is 24.6 Å². The zero-order chi connectivity index (χ0) is 21.5. The number of likely N-dealkylation sites (tertiary alicyclic amines) is 1. The van der Waals surface area contributed by atoms with Gasteiger partial charge in [0.25, 0.3) is 5.91 Å². The van der Waals surface area contributed by atoms with Crippen LogP contribution in [0.2, 0.25) is 0 Å². The van der Waals surface area contributed by atoms with Crippen LogP contribution in [0.5, 0.6) is 0 Å². The summed E-state index contributed by atoms with van der Waals surface area (Å²) in [5.74, 6) is -0.941. The van der Waals surface area contributed by atoms with Gasteiger partial charge in [-0.15, -0.1) is 0 Å². The van der Waals surface area contributed by atoms with E-state index in [1.807, 2.05) is 12.1 Å². The van der Waals surface area contributed by atoms with Crippen LogP contribution in [-0.4, -0.2) is 75.6 Å². The number of amides is 2. The Morgan fingerprint density at radius 3 is 2.67 bits per heavy atom. The molecule has 0 saturated carbocycles. The van der Waals surface area contributed by atoms with E-state index in [2.05, 4.69) is 10.1 Å². The van der Waals surface area contributed by atoms with Gasteiger partial charge in [-0.3, -0.25) is 14.4 Å². The van der Waals surface area contributed by atoms with Crippen LogP contribution in [0.1, 0.15) is 35.7 Å². The Kier molecular flexibility index (Phi) is 7.16. The molecule has 1 atom stereocenters. The lowest BCUT2D eigenvalue weighted by atomic mass is 9.98. The number of aromatic nitrogens is 3. The van der Waals surface area contributed by atoms with E-state index in [0.29, 0.717) is 31.8 Å². The summed E-state index contributed by atoms with van der Waals surface area (Å²) in [5, 5.41) is 4.06. The standard InChI is InChI=1S/C21H27N5O4/c1-3-30-21(29)18-5-4-10-25(12-18)19(27)13-24(2)20(28)17-8-6-16(7-9-17)11-26-15-22-14-23-26/h6-9,14-15,18H,3-5,10-13H2,1-2H3. The second-order valence-electron chi connectivity index (χ2n) is 7.38. The molecule has 9 nitrogen and oxygen atoms in total. The molecule has 1 aliphatic rings. The van der Waals surface area contributed by atoms with Gasteiger partial charge < -0.3 is 14.5 Å². The van der Waals surface area contributed by atoms with Crippen molar-refractivity contribution in [3.05, 3.63) is 48.0 Å². The predicted molar refractivity (Wildman–Crippen MR) is 108 cm³/mol. The smallest absolute Gasteiger partial charge is 0.310 e. The van der Waals surface area contributed by atoms with E-state index >= 15 is 0 Å². The number of hydrogen-bond donors (Lipinski definition) is 0. The number of nitrogens with zero attached hydrogens (tertiary/aromatic N) is 5. The highest BCUT2D eigenvalue weighted by atomic mass is 16.5. The van der Waals surface area contributed by atoms with Gasteiger partial charge in [-0.05, 0) is 37.5 Å². The van der Waals surface area contributed by atoms with Crippen LogP contribution >= 0.6 is 0 Å². The highest BCUT2D eigenvalue weighted by molar-refractivity contribution is 5.96. The molecule has 0 aliphatic carbocycles. The van der Waals surface area contributed by atoms with E-state index < -0.39 is 0 Å². The maximum atomic E-state index is 12.7. The fourth-order valence-corrected chi connectivity index (χ4v) is 3.51. The predicted octanol–water partition coefficient (Wildman–Crippen LogP) is 1.20. The zero-order valence-electron chi connectivity index (χ0n) is 17.4. The van der Waals surface area contributed by atoms with Gasteiger partial charge in [0.05, 0.1) is 25.6 Å². The molecule has 3 rings (SSSR count). The van der Waals surface area contributed by atoms with Gasteiger partial charge in [0.15, 0.2) is 0 Å². The molecule has 1 aromatic carbocycles. The Labute approximate surface area is 175 Å². The molecule has 30 heavy (non-hydrogen) atoms. The molecule has 1 aromatic heterocycles. The lowest BCUT2D eigenvalue weighted by Crippen LogP contribution is -2.47. The van der Waals surface area contributed by atoms with Crippen molar-refractivity contribution in [2.45, 2.75) is 26.3 Å². The van der Waals surface area contributed by atoms with Crippen molar-refractivity contribution in [2.75, 3.05) is 33.3 Å². The molecule has 2 heterocycles. The molecule has 1 aliphatic heterocycles. The van der Waals surface area contributed by atoms with Crippen molar-refractivity contribution in [2.24, 2.45) is 5.92 Å². The molecule has 1 unspecified atom stereocenters. The topological polar surface area (TPSA) is 97.6 Å². The summed E-state index contributed by atoms with van der Waals surface area (Å²) < 4.78 is 6.78. The first-order valence-electron chi connectivity index (χ1n) is 10.1. The van der Waals surface area contributed by atoms with E-state index in [-0.39, 0.29) is 30.2 Å². The average molecular weight is 413 g/mol. The first kappa shape index (κ1) is 21.5. The van der Waals surface area contributed by atoms with E-state index in [1.54, 1.807) is 42.0 Å². The number of piperidine rings is 1. The van der Waals surface area contributed by atoms with Gasteiger partial charge in [-0.1, -0.05) is 12.1 Å². The summed E-state index contributed by atoms with van der Waals surface area (Å²) in [4.78, 5) is 44.3. The maximum absolute atomic E-state index is 12.7. The Morgan fingerprint density at radius 2 is 2.00 bits per heavy atom. The molecule has 2 aromatic rings. The fraction of sp³-hybridized carbons (Fsp3) is 0.476. The highest BCUT2D eigenvalue weighted by Crippen LogP contribution is 2.18. The molecule has 0 bridgehead atoms. The molecule has 0 N–H and O–H groups in total. The highest BCUT2D eigenvalue weighted by Gasteiger charge is 2.30. The van der Waals surface area contributed by atoms with Gasteiger partial charge in [-0.25, -0.2) is 9.67 Å². The third kappa shape index (κ3) is 5.43. The average Bonchev–Trinajstić information content (AvgIpc) is 3.27. The van der Waals surface area contributed by atoms with Gasteiger partial charge in [0.1, 0.15) is 12.7 Å². The van der Waals surface area contributed by atoms with Crippen LogP contribution in [0.25, 0.3) is 0 Å². The van der Waals surface area contributed by atoms with Crippen molar-refractivity contribution in [3.8, 4) is 0 Å². The van der Waals surface area contributed by atoms with E-state index in [0.717, 1.165) is 18.4 Å². The third-order valence-electron chi connectivity index (χ3n) is 5.13. The quantitative estimate of drug-likeness (QED) is 0.633. The minimum absolute atomic E-state index is 0.0327. The molecule has 9 heteroatoms. The number of carbonyl (C=O) groups is 3. The third-order valence-corrected chi connectivity index (χ3v) is 5.13. The number of benzene rings is 1. The summed E-state index contributed by atoms with van der Waals surface area (Å²) >= 11 is 0. The largest absolute Gasteiger partial charge is 0.466 e. The summed E-state index contributed by atoms with van der Waals surface area (Å²) in [6.45, 7) is 3.57. The first-order valence-corrected chi connectivity index (χ1v) is 10.1. The molecule has 0 radical (unpaired) electrons. The van der Waals surface area contributed by atoms with E-state index in [4.69, 9.17) is 4.74 Å². The molecular formula is C21H27N5O4. The molecule has 1 fully saturated rings. The minimum atomic E-state index is -0.291. The minimum Gasteiger partial charge on any atom is -0.466 e. The van der Waals surface area contributed by atoms with Crippen LogP contribution in [-0.2, 0) is 20.9 Å². The van der Waals surface area contributed by atoms with Gasteiger partial charge >= 0.3 is 5.97 Å². The number of likely N-dealkylation sites (N-methyl/N-ethyl adjacent to an activating group) is 1. The van der Waals surface area contributed by atoms with Crippen molar-refractivity contribution in [1.29, 1.82) is 0 Å². The Hall–Kier alpha value is -3.23. The van der Waals surface area contributed by atoms with Crippen molar-refractivity contribution >= 4 is 17.8 Å². The van der Waals surface area contributed by atoms with Crippen molar-refractivity contribution in [3.63, 3.8) is 0 Å². The van der Waals surface area contributed by atoms with Crippen LogP contribution in [0.3, 0.4) is 0 Å². The van der Waals surface area contributed by atoms with Gasteiger partial charge in [-0.2, -0.15) is 5.10 Å². The van der Waals surface area contributed by atoms with Gasteiger partial charge in [0.2, 0.25) is 5.91 Å². The fourth-order valence-electron chi connectivity index (χ4n) is 3.51. The summed E-state index contributed by atoms with van der Waals surface area (Å²) in [7, 11) is 1.61. The van der Waals surface area contributed by atoms with Crippen LogP contribution in [0.4, 0.5) is 0 Å². The number of rotatable bonds is 7. The lowest BCUT2D eigenvalue weighted by molar-refractivity contribution is -0.151. The molecule has 1 saturated heterocycles. The van der Waals surface area contributed by atoms with Crippen LogP contribution in [0.15, 0.2) is 36.9 Å². The van der Waals surface area contributed by atoms with Crippen LogP contribution < -0.4 is 0 Å². The number of esters is 1. The first-order chi connectivity index (χ1) is 14.5. The second-order valence-corrected chi connectivity index (χ2v) is 7.38. The monoisotopic (exact) mass is 413 g/mol. The molecule has 2 amide bonds.